The predicted molar refractivity (Wildman–Crippen MR) is 80.6 cm³/mol. The van der Waals surface area contributed by atoms with Gasteiger partial charge in [0.15, 0.2) is 9.84 Å². The summed E-state index contributed by atoms with van der Waals surface area (Å²) in [4.78, 5) is 0.253. The van der Waals surface area contributed by atoms with Gasteiger partial charge in [-0.1, -0.05) is 19.3 Å². The summed E-state index contributed by atoms with van der Waals surface area (Å²) in [6.45, 7) is 0.904. The van der Waals surface area contributed by atoms with E-state index in [1.54, 1.807) is 0 Å². The van der Waals surface area contributed by atoms with Crippen LogP contribution in [-0.2, 0) is 14.6 Å². The Balaban J connectivity index is 1.79. The predicted octanol–water partition coefficient (Wildman–Crippen LogP) is 2.93. The van der Waals surface area contributed by atoms with E-state index in [-0.39, 0.29) is 17.3 Å². The average molecular weight is 307 g/mol. The van der Waals surface area contributed by atoms with Crippen molar-refractivity contribution in [2.24, 2.45) is 5.92 Å². The second-order valence-electron chi connectivity index (χ2n) is 5.53. The first-order valence-electron chi connectivity index (χ1n) is 7.42. The first-order valence-corrected chi connectivity index (χ1v) is 9.08. The summed E-state index contributed by atoms with van der Waals surface area (Å²) in [6, 6.07) is 7.98. The minimum Gasteiger partial charge on any atom is -0.380 e. The molecule has 0 aromatic heterocycles. The number of sulfone groups is 1. The van der Waals surface area contributed by atoms with Crippen LogP contribution in [0.15, 0.2) is 29.2 Å². The second-order valence-corrected chi connectivity index (χ2v) is 7.64. The molecule has 0 atom stereocenters. The summed E-state index contributed by atoms with van der Waals surface area (Å²) in [5, 5.41) is 8.71. The molecule has 0 unspecified atom stereocenters. The maximum Gasteiger partial charge on any atom is 0.180 e. The largest absolute Gasteiger partial charge is 0.380 e. The van der Waals surface area contributed by atoms with Crippen molar-refractivity contribution in [2.75, 3.05) is 19.0 Å². The molecule has 0 radical (unpaired) electrons. The number of hydrogen-bond donors (Lipinski definition) is 0. The normalized spacial score (nSPS) is 16.5. The summed E-state index contributed by atoms with van der Waals surface area (Å²) in [5.74, 6) is 0.586. The van der Waals surface area contributed by atoms with Crippen molar-refractivity contribution < 1.29 is 13.2 Å². The van der Waals surface area contributed by atoms with Gasteiger partial charge >= 0.3 is 0 Å². The standard InChI is InChI=1S/C16H21NO3S/c17-12-14-6-8-16(9-7-14)21(18,19)11-10-20-13-15-4-2-1-3-5-15/h6-9,15H,1-5,10-11,13H2. The highest BCUT2D eigenvalue weighted by Crippen LogP contribution is 2.23. The van der Waals surface area contributed by atoms with Crippen LogP contribution in [0.25, 0.3) is 0 Å². The number of nitriles is 1. The number of benzene rings is 1. The molecule has 1 aliphatic rings. The molecule has 2 rings (SSSR count). The van der Waals surface area contributed by atoms with E-state index < -0.39 is 9.84 Å². The zero-order valence-electron chi connectivity index (χ0n) is 12.1. The van der Waals surface area contributed by atoms with Crippen molar-refractivity contribution in [1.29, 1.82) is 5.26 Å². The smallest absolute Gasteiger partial charge is 0.180 e. The SMILES string of the molecule is N#Cc1ccc(S(=O)(=O)CCOCC2CCCCC2)cc1. The lowest BCUT2D eigenvalue weighted by molar-refractivity contribution is 0.0960. The van der Waals surface area contributed by atoms with Crippen LogP contribution in [0.2, 0.25) is 0 Å². The number of hydrogen-bond acceptors (Lipinski definition) is 4. The monoisotopic (exact) mass is 307 g/mol. The molecule has 5 heteroatoms. The Morgan fingerprint density at radius 2 is 1.81 bits per heavy atom. The highest BCUT2D eigenvalue weighted by molar-refractivity contribution is 7.91. The summed E-state index contributed by atoms with van der Waals surface area (Å²) in [5.41, 5.74) is 0.461. The number of ether oxygens (including phenoxy) is 1. The van der Waals surface area contributed by atoms with Gasteiger partial charge in [-0.05, 0) is 43.0 Å². The topological polar surface area (TPSA) is 67.2 Å². The Bertz CT molecular complexity index is 581. The Hall–Kier alpha value is -1.38. The fraction of sp³-hybridized carbons (Fsp3) is 0.562. The summed E-state index contributed by atoms with van der Waals surface area (Å²) >= 11 is 0. The molecule has 1 aliphatic carbocycles. The minimum absolute atomic E-state index is 0.00831. The number of nitrogens with zero attached hydrogens (tertiary/aromatic N) is 1. The maximum absolute atomic E-state index is 12.1. The van der Waals surface area contributed by atoms with Crippen molar-refractivity contribution in [3.8, 4) is 6.07 Å². The Morgan fingerprint density at radius 3 is 2.43 bits per heavy atom. The molecule has 0 saturated heterocycles. The molecule has 0 bridgehead atoms. The maximum atomic E-state index is 12.1. The van der Waals surface area contributed by atoms with Gasteiger partial charge in [-0.25, -0.2) is 8.42 Å². The third-order valence-corrected chi connectivity index (χ3v) is 5.61. The zero-order chi connectivity index (χ0) is 15.1. The molecule has 0 N–H and O–H groups in total. The zero-order valence-corrected chi connectivity index (χ0v) is 12.9. The van der Waals surface area contributed by atoms with Crippen molar-refractivity contribution >= 4 is 9.84 Å². The van der Waals surface area contributed by atoms with Crippen molar-refractivity contribution in [3.05, 3.63) is 29.8 Å². The Morgan fingerprint density at radius 1 is 1.14 bits per heavy atom. The second kappa shape index (κ2) is 7.58. The van der Waals surface area contributed by atoms with E-state index in [4.69, 9.17) is 10.00 Å². The molecule has 0 amide bonds. The van der Waals surface area contributed by atoms with Crippen LogP contribution >= 0.6 is 0 Å². The summed E-state index contributed by atoms with van der Waals surface area (Å²) in [6.07, 6.45) is 6.23. The molecule has 1 aromatic carbocycles. The molecule has 0 aliphatic heterocycles. The van der Waals surface area contributed by atoms with Crippen LogP contribution < -0.4 is 0 Å². The van der Waals surface area contributed by atoms with Gasteiger partial charge in [-0.15, -0.1) is 0 Å². The van der Waals surface area contributed by atoms with E-state index in [2.05, 4.69) is 0 Å². The van der Waals surface area contributed by atoms with Gasteiger partial charge in [0.1, 0.15) is 0 Å². The molecular weight excluding hydrogens is 286 g/mol. The highest BCUT2D eigenvalue weighted by atomic mass is 32.2. The van der Waals surface area contributed by atoms with Crippen LogP contribution in [0.1, 0.15) is 37.7 Å². The molecule has 114 valence electrons. The highest BCUT2D eigenvalue weighted by Gasteiger charge is 2.16. The lowest BCUT2D eigenvalue weighted by Crippen LogP contribution is -2.17. The molecule has 1 aromatic rings. The van der Waals surface area contributed by atoms with Crippen LogP contribution in [0.4, 0.5) is 0 Å². The quantitative estimate of drug-likeness (QED) is 0.758. The fourth-order valence-corrected chi connectivity index (χ4v) is 3.75. The van der Waals surface area contributed by atoms with Gasteiger partial charge in [0.05, 0.1) is 28.9 Å². The first kappa shape index (κ1) is 16.0. The van der Waals surface area contributed by atoms with E-state index in [9.17, 15) is 8.42 Å². The fourth-order valence-electron chi connectivity index (χ4n) is 2.63. The first-order chi connectivity index (χ1) is 10.1. The molecule has 0 spiro atoms. The third-order valence-electron chi connectivity index (χ3n) is 3.92. The van der Waals surface area contributed by atoms with E-state index in [0.29, 0.717) is 18.1 Å². The third kappa shape index (κ3) is 4.83. The van der Waals surface area contributed by atoms with E-state index >= 15 is 0 Å². The van der Waals surface area contributed by atoms with Crippen LogP contribution in [-0.4, -0.2) is 27.4 Å². The lowest BCUT2D eigenvalue weighted by atomic mass is 9.90. The van der Waals surface area contributed by atoms with Crippen LogP contribution in [0.3, 0.4) is 0 Å². The lowest BCUT2D eigenvalue weighted by Gasteiger charge is -2.21. The van der Waals surface area contributed by atoms with Gasteiger partial charge in [0.2, 0.25) is 0 Å². The van der Waals surface area contributed by atoms with Crippen molar-refractivity contribution in [2.45, 2.75) is 37.0 Å². The number of rotatable bonds is 6. The van der Waals surface area contributed by atoms with Crippen molar-refractivity contribution in [1.82, 2.24) is 0 Å². The van der Waals surface area contributed by atoms with Gasteiger partial charge in [0, 0.05) is 6.61 Å². The Labute approximate surface area is 126 Å². The van der Waals surface area contributed by atoms with Gasteiger partial charge in [-0.3, -0.25) is 0 Å². The average Bonchev–Trinajstić information content (AvgIpc) is 2.53. The van der Waals surface area contributed by atoms with Gasteiger partial charge in [-0.2, -0.15) is 5.26 Å². The van der Waals surface area contributed by atoms with Crippen LogP contribution in [0, 0.1) is 17.2 Å². The van der Waals surface area contributed by atoms with Gasteiger partial charge in [0.25, 0.3) is 0 Å². The molecule has 1 saturated carbocycles. The van der Waals surface area contributed by atoms with Gasteiger partial charge < -0.3 is 4.74 Å². The van der Waals surface area contributed by atoms with Crippen LogP contribution in [0.5, 0.6) is 0 Å². The minimum atomic E-state index is -3.32. The summed E-state index contributed by atoms with van der Waals surface area (Å²) in [7, 11) is -3.32. The molecular formula is C16H21NO3S. The van der Waals surface area contributed by atoms with E-state index in [0.717, 1.165) is 0 Å². The van der Waals surface area contributed by atoms with Crippen molar-refractivity contribution in [3.63, 3.8) is 0 Å². The molecule has 21 heavy (non-hydrogen) atoms. The Kier molecular flexibility index (Phi) is 5.77. The summed E-state index contributed by atoms with van der Waals surface area (Å²) < 4.78 is 29.8. The molecule has 0 heterocycles. The molecule has 4 nitrogen and oxygen atoms in total. The molecule has 1 fully saturated rings. The van der Waals surface area contributed by atoms with E-state index in [1.165, 1.54) is 56.4 Å². The van der Waals surface area contributed by atoms with E-state index in [1.807, 2.05) is 6.07 Å².